The number of carbonyl (C=O) groups is 1. The number of ether oxygens (including phenoxy) is 2. The highest BCUT2D eigenvalue weighted by Gasteiger charge is 2.24. The summed E-state index contributed by atoms with van der Waals surface area (Å²) in [4.78, 5) is 11.6. The van der Waals surface area contributed by atoms with E-state index in [-0.39, 0.29) is 6.61 Å². The van der Waals surface area contributed by atoms with Crippen LogP contribution in [0.4, 0.5) is 13.2 Å². The van der Waals surface area contributed by atoms with Crippen LogP contribution in [0, 0.1) is 17.5 Å². The van der Waals surface area contributed by atoms with Crippen molar-refractivity contribution in [3.8, 4) is 5.75 Å². The molecule has 6 heteroatoms. The van der Waals surface area contributed by atoms with Crippen molar-refractivity contribution in [3.63, 3.8) is 0 Å². The number of methoxy groups -OCH3 is 1. The molecule has 3 nitrogen and oxygen atoms in total. The van der Waals surface area contributed by atoms with Gasteiger partial charge in [-0.1, -0.05) is 26.2 Å². The Hall–Kier alpha value is -1.72. The Morgan fingerprint density at radius 1 is 1.15 bits per heavy atom. The maximum absolute atomic E-state index is 13.8. The van der Waals surface area contributed by atoms with E-state index in [1.807, 2.05) is 6.92 Å². The Kier molecular flexibility index (Phi) is 6.35. The summed E-state index contributed by atoms with van der Waals surface area (Å²) in [7, 11) is 0.987. The van der Waals surface area contributed by atoms with Crippen LogP contribution in [-0.2, 0) is 4.74 Å². The molecule has 0 unspecified atom stereocenters. The quantitative estimate of drug-likeness (QED) is 0.435. The van der Waals surface area contributed by atoms with E-state index in [1.54, 1.807) is 0 Å². The summed E-state index contributed by atoms with van der Waals surface area (Å²) in [6.07, 6.45) is 3.56. The first-order valence-electron chi connectivity index (χ1n) is 6.41. The van der Waals surface area contributed by atoms with E-state index in [9.17, 15) is 18.0 Å². The molecule has 0 fully saturated rings. The maximum atomic E-state index is 13.8. The predicted molar refractivity (Wildman–Crippen MR) is 67.3 cm³/mol. The lowest BCUT2D eigenvalue weighted by Gasteiger charge is -2.09. The third kappa shape index (κ3) is 3.88. The van der Waals surface area contributed by atoms with Crippen LogP contribution in [0.2, 0.25) is 0 Å². The van der Waals surface area contributed by atoms with Gasteiger partial charge in [0, 0.05) is 0 Å². The van der Waals surface area contributed by atoms with Crippen LogP contribution in [0.25, 0.3) is 0 Å². The monoisotopic (exact) mass is 290 g/mol. The van der Waals surface area contributed by atoms with Crippen molar-refractivity contribution in [3.05, 3.63) is 29.1 Å². The van der Waals surface area contributed by atoms with Gasteiger partial charge in [0.05, 0.1) is 13.7 Å². The molecular formula is C14H17F3O3. The molecule has 0 N–H and O–H groups in total. The van der Waals surface area contributed by atoms with Crippen molar-refractivity contribution in [2.45, 2.75) is 32.6 Å². The molecule has 0 aliphatic carbocycles. The second kappa shape index (κ2) is 7.77. The first kappa shape index (κ1) is 16.3. The average Bonchev–Trinajstić information content (AvgIpc) is 2.43. The van der Waals surface area contributed by atoms with Crippen molar-refractivity contribution < 1.29 is 27.4 Å². The number of hydrogen-bond acceptors (Lipinski definition) is 3. The van der Waals surface area contributed by atoms with Crippen LogP contribution in [0.5, 0.6) is 5.75 Å². The SMILES string of the molecule is CCCCCCOC(=O)c1cc(F)c(F)c(OC)c1F. The Bertz CT molecular complexity index is 475. The third-order valence-corrected chi connectivity index (χ3v) is 2.77. The summed E-state index contributed by atoms with van der Waals surface area (Å²) in [5, 5.41) is 0. The van der Waals surface area contributed by atoms with Gasteiger partial charge in [-0.25, -0.2) is 13.6 Å². The van der Waals surface area contributed by atoms with E-state index in [2.05, 4.69) is 4.74 Å². The topological polar surface area (TPSA) is 35.5 Å². The molecule has 0 bridgehead atoms. The number of unbranched alkanes of at least 4 members (excludes halogenated alkanes) is 3. The largest absolute Gasteiger partial charge is 0.491 e. The third-order valence-electron chi connectivity index (χ3n) is 2.77. The molecule has 0 atom stereocenters. The molecule has 0 saturated heterocycles. The molecule has 0 radical (unpaired) electrons. The second-order valence-corrected chi connectivity index (χ2v) is 4.26. The minimum atomic E-state index is -1.47. The molecule has 0 aromatic heterocycles. The zero-order chi connectivity index (χ0) is 15.1. The van der Waals surface area contributed by atoms with Gasteiger partial charge >= 0.3 is 5.97 Å². The van der Waals surface area contributed by atoms with Crippen molar-refractivity contribution in [1.29, 1.82) is 0 Å². The fourth-order valence-corrected chi connectivity index (χ4v) is 1.68. The number of hydrogen-bond donors (Lipinski definition) is 0. The molecule has 112 valence electrons. The number of carbonyl (C=O) groups excluding carboxylic acids is 1. The van der Waals surface area contributed by atoms with E-state index in [1.165, 1.54) is 0 Å². The normalized spacial score (nSPS) is 10.4. The first-order chi connectivity index (χ1) is 9.52. The Balaban J connectivity index is 2.76. The molecular weight excluding hydrogens is 273 g/mol. The fraction of sp³-hybridized carbons (Fsp3) is 0.500. The summed E-state index contributed by atoms with van der Waals surface area (Å²) >= 11 is 0. The average molecular weight is 290 g/mol. The number of benzene rings is 1. The zero-order valence-electron chi connectivity index (χ0n) is 11.5. The lowest BCUT2D eigenvalue weighted by atomic mass is 10.2. The van der Waals surface area contributed by atoms with E-state index in [0.717, 1.165) is 26.4 Å². The molecule has 0 spiro atoms. The van der Waals surface area contributed by atoms with Crippen LogP contribution >= 0.6 is 0 Å². The van der Waals surface area contributed by atoms with Gasteiger partial charge in [-0.05, 0) is 12.5 Å². The number of halogens is 3. The van der Waals surface area contributed by atoms with Gasteiger partial charge < -0.3 is 9.47 Å². The van der Waals surface area contributed by atoms with Gasteiger partial charge in [0.1, 0.15) is 5.56 Å². The maximum Gasteiger partial charge on any atom is 0.341 e. The second-order valence-electron chi connectivity index (χ2n) is 4.26. The Morgan fingerprint density at radius 2 is 1.85 bits per heavy atom. The van der Waals surface area contributed by atoms with Crippen molar-refractivity contribution in [2.24, 2.45) is 0 Å². The minimum absolute atomic E-state index is 0.111. The highest BCUT2D eigenvalue weighted by Crippen LogP contribution is 2.27. The van der Waals surface area contributed by atoms with Gasteiger partial charge in [0.15, 0.2) is 17.4 Å². The van der Waals surface area contributed by atoms with Crippen molar-refractivity contribution in [2.75, 3.05) is 13.7 Å². The molecule has 1 aromatic rings. The fourth-order valence-electron chi connectivity index (χ4n) is 1.68. The number of rotatable bonds is 7. The van der Waals surface area contributed by atoms with Crippen LogP contribution in [-0.4, -0.2) is 19.7 Å². The van der Waals surface area contributed by atoms with Gasteiger partial charge in [-0.3, -0.25) is 0 Å². The minimum Gasteiger partial charge on any atom is -0.491 e. The molecule has 0 aliphatic heterocycles. The smallest absolute Gasteiger partial charge is 0.341 e. The molecule has 0 saturated carbocycles. The van der Waals surface area contributed by atoms with E-state index >= 15 is 0 Å². The molecule has 1 aromatic carbocycles. The summed E-state index contributed by atoms with van der Waals surface area (Å²) in [6.45, 7) is 2.15. The standard InChI is InChI=1S/C14H17F3O3/c1-3-4-5-6-7-20-14(18)9-8-10(15)12(17)13(19-2)11(9)16/h8H,3-7H2,1-2H3. The van der Waals surface area contributed by atoms with Crippen LogP contribution in [0.15, 0.2) is 6.07 Å². The van der Waals surface area contributed by atoms with E-state index in [0.29, 0.717) is 12.5 Å². The molecule has 0 aliphatic rings. The van der Waals surface area contributed by atoms with Crippen LogP contribution < -0.4 is 4.74 Å². The lowest BCUT2D eigenvalue weighted by Crippen LogP contribution is -2.11. The molecule has 0 amide bonds. The molecule has 1 rings (SSSR count). The van der Waals surface area contributed by atoms with Gasteiger partial charge in [-0.2, -0.15) is 4.39 Å². The highest BCUT2D eigenvalue weighted by atomic mass is 19.2. The first-order valence-corrected chi connectivity index (χ1v) is 6.41. The Morgan fingerprint density at radius 3 is 2.45 bits per heavy atom. The molecule has 0 heterocycles. The zero-order valence-corrected chi connectivity index (χ0v) is 11.5. The van der Waals surface area contributed by atoms with Crippen molar-refractivity contribution in [1.82, 2.24) is 0 Å². The van der Waals surface area contributed by atoms with Crippen LogP contribution in [0.1, 0.15) is 43.0 Å². The summed E-state index contributed by atoms with van der Waals surface area (Å²) in [6, 6.07) is 0.474. The van der Waals surface area contributed by atoms with E-state index < -0.39 is 34.7 Å². The van der Waals surface area contributed by atoms with Gasteiger partial charge in [0.25, 0.3) is 0 Å². The molecule has 20 heavy (non-hydrogen) atoms. The lowest BCUT2D eigenvalue weighted by molar-refractivity contribution is 0.0490. The van der Waals surface area contributed by atoms with Crippen LogP contribution in [0.3, 0.4) is 0 Å². The van der Waals surface area contributed by atoms with Gasteiger partial charge in [-0.15, -0.1) is 0 Å². The highest BCUT2D eigenvalue weighted by molar-refractivity contribution is 5.90. The van der Waals surface area contributed by atoms with Crippen molar-refractivity contribution >= 4 is 5.97 Å². The predicted octanol–water partition coefficient (Wildman–Crippen LogP) is 3.85. The summed E-state index contributed by atoms with van der Waals surface area (Å²) in [5.74, 6) is -6.05. The van der Waals surface area contributed by atoms with Gasteiger partial charge in [0.2, 0.25) is 5.82 Å². The summed E-state index contributed by atoms with van der Waals surface area (Å²) < 4.78 is 49.4. The summed E-state index contributed by atoms with van der Waals surface area (Å²) in [5.41, 5.74) is -0.670. The number of esters is 1. The van der Waals surface area contributed by atoms with E-state index in [4.69, 9.17) is 4.74 Å². The Labute approximate surface area is 115 Å².